The Morgan fingerprint density at radius 3 is 2.09 bits per heavy atom. The van der Waals surface area contributed by atoms with Gasteiger partial charge < -0.3 is 19.5 Å². The Morgan fingerprint density at radius 2 is 1.56 bits per heavy atom. The molecule has 11 nitrogen and oxygen atoms in total. The van der Waals surface area contributed by atoms with Crippen LogP contribution < -0.4 is 10.6 Å². The molecule has 178 valence electrons. The summed E-state index contributed by atoms with van der Waals surface area (Å²) in [5.74, 6) is -1.58. The summed E-state index contributed by atoms with van der Waals surface area (Å²) in [4.78, 5) is 49.8. The lowest BCUT2D eigenvalue weighted by Crippen LogP contribution is -2.51. The molecule has 3 amide bonds. The molecule has 0 aliphatic rings. The van der Waals surface area contributed by atoms with Gasteiger partial charge in [0.2, 0.25) is 5.96 Å². The van der Waals surface area contributed by atoms with Crippen molar-refractivity contribution < 1.29 is 33.4 Å². The topological polar surface area (TPSA) is 147 Å². The van der Waals surface area contributed by atoms with E-state index in [2.05, 4.69) is 15.4 Å². The molecular formula is C20H30N4O7S. The number of amides is 3. The molecule has 1 aromatic rings. The lowest BCUT2D eigenvalue weighted by molar-refractivity contribution is 0.0356. The van der Waals surface area contributed by atoms with Crippen LogP contribution in [0.1, 0.15) is 60.9 Å². The van der Waals surface area contributed by atoms with Crippen molar-refractivity contribution in [1.29, 1.82) is 5.41 Å². The largest absolute Gasteiger partial charge is 0.465 e. The van der Waals surface area contributed by atoms with Crippen LogP contribution in [0.2, 0.25) is 0 Å². The second kappa shape index (κ2) is 10.9. The van der Waals surface area contributed by atoms with Gasteiger partial charge in [0.25, 0.3) is 5.91 Å². The lowest BCUT2D eigenvalue weighted by atomic mass is 10.2. The minimum Gasteiger partial charge on any atom is -0.465 e. The number of hydrogen-bond acceptors (Lipinski definition) is 9. The maximum absolute atomic E-state index is 12.5. The first-order valence-electron chi connectivity index (χ1n) is 9.68. The number of thiophene rings is 1. The third kappa shape index (κ3) is 9.33. The van der Waals surface area contributed by atoms with Gasteiger partial charge in [-0.05, 0) is 53.7 Å². The molecule has 0 saturated heterocycles. The highest BCUT2D eigenvalue weighted by atomic mass is 32.1. The van der Waals surface area contributed by atoms with Crippen molar-refractivity contribution in [3.05, 3.63) is 21.9 Å². The summed E-state index contributed by atoms with van der Waals surface area (Å²) in [6.45, 7) is 9.74. The number of alkyl carbamates (subject to hydrolysis) is 1. The number of esters is 1. The summed E-state index contributed by atoms with van der Waals surface area (Å²) in [5.41, 5.74) is -1.63. The zero-order valence-corrected chi connectivity index (χ0v) is 20.1. The van der Waals surface area contributed by atoms with Crippen LogP contribution in [0.15, 0.2) is 12.1 Å². The van der Waals surface area contributed by atoms with E-state index < -0.39 is 41.2 Å². The fourth-order valence-corrected chi connectivity index (χ4v) is 2.96. The van der Waals surface area contributed by atoms with E-state index in [-0.39, 0.29) is 22.8 Å². The van der Waals surface area contributed by atoms with Crippen LogP contribution in [-0.4, -0.2) is 66.3 Å². The average molecular weight is 471 g/mol. The van der Waals surface area contributed by atoms with Crippen molar-refractivity contribution in [3.8, 4) is 0 Å². The monoisotopic (exact) mass is 470 g/mol. The molecule has 1 rings (SSSR count). The molecule has 0 bridgehead atoms. The van der Waals surface area contributed by atoms with Gasteiger partial charge in [-0.2, -0.15) is 0 Å². The van der Waals surface area contributed by atoms with Crippen molar-refractivity contribution in [2.24, 2.45) is 0 Å². The Hall–Kier alpha value is -3.15. The molecule has 0 atom stereocenters. The van der Waals surface area contributed by atoms with E-state index in [0.29, 0.717) is 0 Å². The Labute approximate surface area is 190 Å². The van der Waals surface area contributed by atoms with Crippen LogP contribution >= 0.6 is 11.3 Å². The quantitative estimate of drug-likeness (QED) is 0.259. The molecule has 0 spiro atoms. The zero-order chi connectivity index (χ0) is 24.7. The van der Waals surface area contributed by atoms with Crippen molar-refractivity contribution in [2.75, 3.05) is 20.2 Å². The third-order valence-electron chi connectivity index (χ3n) is 3.34. The predicted octanol–water partition coefficient (Wildman–Crippen LogP) is 2.96. The van der Waals surface area contributed by atoms with E-state index in [1.807, 2.05) is 0 Å². The molecule has 12 heteroatoms. The van der Waals surface area contributed by atoms with Crippen LogP contribution in [0, 0.1) is 5.41 Å². The first-order valence-corrected chi connectivity index (χ1v) is 10.5. The van der Waals surface area contributed by atoms with Gasteiger partial charge in [-0.15, -0.1) is 11.3 Å². The zero-order valence-electron chi connectivity index (χ0n) is 19.3. The van der Waals surface area contributed by atoms with Crippen molar-refractivity contribution in [1.82, 2.24) is 15.5 Å². The molecule has 0 saturated carbocycles. The highest BCUT2D eigenvalue weighted by molar-refractivity contribution is 7.15. The van der Waals surface area contributed by atoms with Gasteiger partial charge in [0.15, 0.2) is 0 Å². The van der Waals surface area contributed by atoms with Gasteiger partial charge >= 0.3 is 18.2 Å². The normalized spacial score (nSPS) is 11.2. The molecule has 0 unspecified atom stereocenters. The van der Waals surface area contributed by atoms with Gasteiger partial charge in [-0.1, -0.05) is 0 Å². The standard InChI is InChI=1S/C20H30N4O7S/c1-19(2,3)30-17(27)23-16(21)24(18(28)31-20(4,5)6)11-10-22-14(25)12-8-9-13(32-12)15(26)29-7/h8-9H,10-11H2,1-7H3,(H,22,25)(H2,21,23,27). The lowest BCUT2D eigenvalue weighted by Gasteiger charge is -2.28. The summed E-state index contributed by atoms with van der Waals surface area (Å²) < 4.78 is 15.0. The number of carbonyl (C=O) groups excluding carboxylic acids is 4. The van der Waals surface area contributed by atoms with Crippen LogP contribution in [0.4, 0.5) is 9.59 Å². The smallest absolute Gasteiger partial charge is 0.417 e. The molecule has 32 heavy (non-hydrogen) atoms. The van der Waals surface area contributed by atoms with Gasteiger partial charge in [0.1, 0.15) is 16.1 Å². The van der Waals surface area contributed by atoms with Crippen LogP contribution in [0.5, 0.6) is 0 Å². The number of hydrogen-bond donors (Lipinski definition) is 3. The first-order chi connectivity index (χ1) is 14.6. The summed E-state index contributed by atoms with van der Waals surface area (Å²) in [5, 5.41) is 12.9. The predicted molar refractivity (Wildman–Crippen MR) is 118 cm³/mol. The molecule has 0 aliphatic heterocycles. The Kier molecular flexibility index (Phi) is 9.19. The van der Waals surface area contributed by atoms with E-state index >= 15 is 0 Å². The SMILES string of the molecule is COC(=O)c1ccc(C(=O)NCCN(C(=N)NC(=O)OC(C)(C)C)C(=O)OC(C)(C)C)s1. The Morgan fingerprint density at radius 1 is 1.00 bits per heavy atom. The Balaban J connectivity index is 2.80. The summed E-state index contributed by atoms with van der Waals surface area (Å²) >= 11 is 0.959. The van der Waals surface area contributed by atoms with Crippen molar-refractivity contribution >= 4 is 41.4 Å². The highest BCUT2D eigenvalue weighted by Crippen LogP contribution is 2.17. The van der Waals surface area contributed by atoms with Gasteiger partial charge in [-0.3, -0.25) is 15.5 Å². The van der Waals surface area contributed by atoms with E-state index in [0.717, 1.165) is 16.2 Å². The number of nitrogens with one attached hydrogen (secondary N) is 3. The highest BCUT2D eigenvalue weighted by Gasteiger charge is 2.27. The number of rotatable bonds is 5. The minimum absolute atomic E-state index is 0.0537. The van der Waals surface area contributed by atoms with Gasteiger partial charge in [0, 0.05) is 13.1 Å². The van der Waals surface area contributed by atoms with Crippen molar-refractivity contribution in [2.45, 2.75) is 52.7 Å². The molecular weight excluding hydrogens is 440 g/mol. The second-order valence-corrected chi connectivity index (χ2v) is 9.60. The van der Waals surface area contributed by atoms with Gasteiger partial charge in [-0.25, -0.2) is 19.3 Å². The number of ether oxygens (including phenoxy) is 3. The third-order valence-corrected chi connectivity index (χ3v) is 4.40. The van der Waals surface area contributed by atoms with Gasteiger partial charge in [0.05, 0.1) is 12.0 Å². The van der Waals surface area contributed by atoms with Crippen LogP contribution in [0.25, 0.3) is 0 Å². The van der Waals surface area contributed by atoms with E-state index in [1.54, 1.807) is 41.5 Å². The molecule has 0 aliphatic carbocycles. The number of carbonyl (C=O) groups is 4. The number of nitrogens with zero attached hydrogens (tertiary/aromatic N) is 1. The number of guanidine groups is 1. The summed E-state index contributed by atoms with van der Waals surface area (Å²) in [6.07, 6.45) is -1.79. The molecule has 3 N–H and O–H groups in total. The molecule has 1 heterocycles. The molecule has 0 radical (unpaired) electrons. The molecule has 0 aromatic carbocycles. The Bertz CT molecular complexity index is 868. The van der Waals surface area contributed by atoms with Crippen molar-refractivity contribution in [3.63, 3.8) is 0 Å². The maximum atomic E-state index is 12.5. The van der Waals surface area contributed by atoms with E-state index in [9.17, 15) is 19.2 Å². The number of methoxy groups -OCH3 is 1. The van der Waals surface area contributed by atoms with Crippen LogP contribution in [0.3, 0.4) is 0 Å². The fourth-order valence-electron chi connectivity index (χ4n) is 2.12. The maximum Gasteiger partial charge on any atom is 0.417 e. The minimum atomic E-state index is -0.908. The fraction of sp³-hybridized carbons (Fsp3) is 0.550. The summed E-state index contributed by atoms with van der Waals surface area (Å²) in [6, 6.07) is 2.95. The molecule has 0 fully saturated rings. The first kappa shape index (κ1) is 26.9. The second-order valence-electron chi connectivity index (χ2n) is 8.52. The van der Waals surface area contributed by atoms with E-state index in [1.165, 1.54) is 19.2 Å². The van der Waals surface area contributed by atoms with Crippen LogP contribution in [-0.2, 0) is 14.2 Å². The van der Waals surface area contributed by atoms with E-state index in [4.69, 9.17) is 14.9 Å². The molecule has 1 aromatic heterocycles. The summed E-state index contributed by atoms with van der Waals surface area (Å²) in [7, 11) is 1.24. The average Bonchev–Trinajstić information content (AvgIpc) is 3.11.